The van der Waals surface area contributed by atoms with Crippen LogP contribution in [0.15, 0.2) is 36.4 Å². The van der Waals surface area contributed by atoms with Gasteiger partial charge in [0, 0.05) is 37.5 Å². The monoisotopic (exact) mass is 563 g/mol. The molecule has 2 unspecified atom stereocenters. The molecule has 0 bridgehead atoms. The van der Waals surface area contributed by atoms with Crippen LogP contribution in [-0.4, -0.2) is 45.4 Å². The van der Waals surface area contributed by atoms with Crippen LogP contribution in [0.2, 0.25) is 0 Å². The number of halogens is 3. The molecule has 3 rings (SSSR count). The topological polar surface area (TPSA) is 94.8 Å². The number of carbonyl (C=O) groups is 1. The molecule has 1 saturated heterocycles. The molecule has 1 aromatic heterocycles. The summed E-state index contributed by atoms with van der Waals surface area (Å²) in [5, 5.41) is 0. The molecule has 1 aliphatic heterocycles. The van der Waals surface area contributed by atoms with E-state index >= 15 is 0 Å². The molecular weight excluding hydrogens is 519 g/mol. The van der Waals surface area contributed by atoms with Crippen LogP contribution < -0.4 is 10.5 Å². The maximum Gasteiger partial charge on any atom is 0.433 e. The first-order valence-electron chi connectivity index (χ1n) is 13.0. The zero-order valence-electron chi connectivity index (χ0n) is 24.0. The number of aromatic nitrogens is 1. The third-order valence-electron chi connectivity index (χ3n) is 4.39. The number of hydrogen-bond donors (Lipinski definition) is 1. The molecule has 1 aromatic carbocycles. The van der Waals surface area contributed by atoms with E-state index in [4.69, 9.17) is 14.7 Å². The highest BCUT2D eigenvalue weighted by molar-refractivity contribution is 7.79. The van der Waals surface area contributed by atoms with Crippen LogP contribution >= 0.6 is 0 Å². The summed E-state index contributed by atoms with van der Waals surface area (Å²) in [4.78, 5) is 17.8. The lowest BCUT2D eigenvalue weighted by Gasteiger charge is -2.17. The molecule has 1 amide bonds. The molecule has 0 radical (unpaired) electrons. The molecule has 2 heterocycles. The Bertz CT molecular complexity index is 959. The predicted octanol–water partition coefficient (Wildman–Crippen LogP) is 6.98. The van der Waals surface area contributed by atoms with Gasteiger partial charge in [0.1, 0.15) is 11.4 Å². The highest BCUT2D eigenvalue weighted by atomic mass is 32.2. The Labute approximate surface area is 228 Å². The molecule has 1 fully saturated rings. The van der Waals surface area contributed by atoms with Crippen LogP contribution in [0.5, 0.6) is 11.6 Å². The predicted molar refractivity (Wildman–Crippen MR) is 148 cm³/mol. The molecule has 0 aliphatic carbocycles. The largest absolute Gasteiger partial charge is 0.439 e. The van der Waals surface area contributed by atoms with Crippen molar-refractivity contribution in [3.8, 4) is 11.6 Å². The van der Waals surface area contributed by atoms with Crippen molar-refractivity contribution in [2.75, 3.05) is 19.3 Å². The van der Waals surface area contributed by atoms with Gasteiger partial charge in [0.25, 0.3) is 5.91 Å². The van der Waals surface area contributed by atoms with Gasteiger partial charge >= 0.3 is 6.18 Å². The molecule has 2 aromatic rings. The molecule has 7 nitrogen and oxygen atoms in total. The highest BCUT2D eigenvalue weighted by Gasteiger charge is 2.33. The lowest BCUT2D eigenvalue weighted by atomic mass is 10.2. The number of pyridine rings is 1. The Morgan fingerprint density at radius 1 is 1.08 bits per heavy atom. The molecule has 2 N–H and O–H groups in total. The van der Waals surface area contributed by atoms with Crippen molar-refractivity contribution in [2.45, 2.75) is 80.6 Å². The summed E-state index contributed by atoms with van der Waals surface area (Å²) in [6.45, 7) is 16.6. The van der Waals surface area contributed by atoms with E-state index in [2.05, 4.69) is 4.98 Å². The fourth-order valence-corrected chi connectivity index (χ4v) is 3.59. The number of alkyl halides is 3. The second kappa shape index (κ2) is 20.5. The van der Waals surface area contributed by atoms with Crippen molar-refractivity contribution < 1.29 is 31.1 Å². The SMILES string of the molecule is CC.CC.CC.CC.CS(=O)OC1CCN(C(=O)c2cccc(Oc3cc(CN)cc(C(F)(F)F)n3)c2)C1. The van der Waals surface area contributed by atoms with Gasteiger partial charge in [-0.1, -0.05) is 61.5 Å². The van der Waals surface area contributed by atoms with Gasteiger partial charge in [-0.2, -0.15) is 13.2 Å². The average Bonchev–Trinajstić information content (AvgIpc) is 3.40. The van der Waals surface area contributed by atoms with E-state index in [9.17, 15) is 22.2 Å². The van der Waals surface area contributed by atoms with E-state index in [1.165, 1.54) is 24.5 Å². The molecule has 218 valence electrons. The number of amides is 1. The van der Waals surface area contributed by atoms with Crippen molar-refractivity contribution in [3.05, 3.63) is 53.2 Å². The number of nitrogens with zero attached hydrogens (tertiary/aromatic N) is 2. The Balaban J connectivity index is 0. The number of ether oxygens (including phenoxy) is 1. The van der Waals surface area contributed by atoms with Crippen LogP contribution in [0.3, 0.4) is 0 Å². The van der Waals surface area contributed by atoms with Gasteiger partial charge in [-0.25, -0.2) is 9.19 Å². The second-order valence-corrected chi connectivity index (χ2v) is 7.69. The van der Waals surface area contributed by atoms with Crippen LogP contribution in [0.25, 0.3) is 0 Å². The number of carbonyl (C=O) groups excluding carboxylic acids is 1. The molecule has 2 atom stereocenters. The van der Waals surface area contributed by atoms with E-state index in [-0.39, 0.29) is 35.7 Å². The normalized spacial score (nSPS) is 14.7. The molecule has 11 heteroatoms. The summed E-state index contributed by atoms with van der Waals surface area (Å²) in [7, 11) is 0. The average molecular weight is 564 g/mol. The van der Waals surface area contributed by atoms with Crippen molar-refractivity contribution in [1.82, 2.24) is 9.88 Å². The molecule has 0 spiro atoms. The van der Waals surface area contributed by atoms with Gasteiger partial charge < -0.3 is 15.4 Å². The number of rotatable bonds is 6. The fourth-order valence-electron chi connectivity index (χ4n) is 3.05. The second-order valence-electron chi connectivity index (χ2n) is 6.69. The fraction of sp³-hybridized carbons (Fsp3) is 0.556. The van der Waals surface area contributed by atoms with Crippen LogP contribution in [-0.2, 0) is 28.0 Å². The quantitative estimate of drug-likeness (QED) is 0.407. The van der Waals surface area contributed by atoms with Gasteiger partial charge in [-0.3, -0.25) is 8.98 Å². The van der Waals surface area contributed by atoms with Gasteiger partial charge in [0.05, 0.1) is 6.10 Å². The van der Waals surface area contributed by atoms with E-state index in [0.717, 1.165) is 6.07 Å². The minimum absolute atomic E-state index is 0.110. The molecular formula is C27H44F3N3O4S. The number of nitrogens with two attached hydrogens (primary N) is 1. The van der Waals surface area contributed by atoms with E-state index < -0.39 is 23.0 Å². The summed E-state index contributed by atoms with van der Waals surface area (Å²) in [5.41, 5.74) is 4.88. The Morgan fingerprint density at radius 2 is 1.68 bits per heavy atom. The third kappa shape index (κ3) is 12.8. The standard InChI is InChI=1S/C19H20F3N3O4S.4C2H6/c1-30(27)29-15-5-6-25(11-15)18(26)13-3-2-4-14(9-13)28-17-8-12(10-23)7-16(24-17)19(20,21)22;4*1-2/h2-4,7-9,15H,5-6,10-11,23H2,1H3;4*1-2H3. The van der Waals surface area contributed by atoms with Crippen molar-refractivity contribution in [2.24, 2.45) is 5.73 Å². The summed E-state index contributed by atoms with van der Waals surface area (Å²) < 4.78 is 61.0. The van der Waals surface area contributed by atoms with Crippen LogP contribution in [0.4, 0.5) is 13.2 Å². The van der Waals surface area contributed by atoms with Crippen LogP contribution in [0.1, 0.15) is 83.4 Å². The van der Waals surface area contributed by atoms with E-state index in [0.29, 0.717) is 25.1 Å². The van der Waals surface area contributed by atoms with Crippen LogP contribution in [0, 0.1) is 0 Å². The van der Waals surface area contributed by atoms with Crippen molar-refractivity contribution in [3.63, 3.8) is 0 Å². The minimum Gasteiger partial charge on any atom is -0.439 e. The summed E-state index contributed by atoms with van der Waals surface area (Å²) in [6, 6.07) is 8.26. The summed E-state index contributed by atoms with van der Waals surface area (Å²) >= 11 is -1.42. The Morgan fingerprint density at radius 3 is 2.21 bits per heavy atom. The van der Waals surface area contributed by atoms with Gasteiger partial charge in [0.15, 0.2) is 11.1 Å². The van der Waals surface area contributed by atoms with Crippen molar-refractivity contribution in [1.29, 1.82) is 0 Å². The Hall–Kier alpha value is -2.50. The molecule has 38 heavy (non-hydrogen) atoms. The lowest BCUT2D eigenvalue weighted by molar-refractivity contribution is -0.141. The summed E-state index contributed by atoms with van der Waals surface area (Å²) in [6.07, 6.45) is -2.96. The van der Waals surface area contributed by atoms with E-state index in [1.807, 2.05) is 55.4 Å². The Kier molecular flexibility index (Phi) is 20.3. The molecule has 0 saturated carbocycles. The third-order valence-corrected chi connectivity index (χ3v) is 4.94. The first-order valence-corrected chi connectivity index (χ1v) is 14.5. The van der Waals surface area contributed by atoms with Gasteiger partial charge in [-0.05, 0) is 36.2 Å². The minimum atomic E-state index is -4.64. The first-order chi connectivity index (χ1) is 18.2. The van der Waals surface area contributed by atoms with Crippen molar-refractivity contribution >= 4 is 17.0 Å². The van der Waals surface area contributed by atoms with E-state index in [1.54, 1.807) is 17.0 Å². The zero-order valence-corrected chi connectivity index (χ0v) is 24.8. The van der Waals surface area contributed by atoms with Gasteiger partial charge in [-0.15, -0.1) is 0 Å². The van der Waals surface area contributed by atoms with Gasteiger partial charge in [0.2, 0.25) is 5.88 Å². The maximum absolute atomic E-state index is 13.0. The highest BCUT2D eigenvalue weighted by Crippen LogP contribution is 2.31. The first kappa shape index (κ1) is 37.7. The lowest BCUT2D eigenvalue weighted by Crippen LogP contribution is -2.30. The smallest absolute Gasteiger partial charge is 0.433 e. The maximum atomic E-state index is 13.0. The number of benzene rings is 1. The number of hydrogen-bond acceptors (Lipinski definition) is 6. The summed E-state index contributed by atoms with van der Waals surface area (Å²) in [5.74, 6) is -0.389. The zero-order chi connectivity index (χ0) is 29.9. The molecule has 1 aliphatic rings. The number of likely N-dealkylation sites (tertiary alicyclic amines) is 1.